The van der Waals surface area contributed by atoms with Crippen molar-refractivity contribution in [2.24, 2.45) is 4.99 Å². The zero-order valence-electron chi connectivity index (χ0n) is 6.62. The van der Waals surface area contributed by atoms with E-state index in [1.807, 2.05) is 31.2 Å². The number of hydrogen-bond acceptors (Lipinski definition) is 2. The number of aliphatic imine (C=N–C) groups is 1. The summed E-state index contributed by atoms with van der Waals surface area (Å²) < 4.78 is 0. The van der Waals surface area contributed by atoms with E-state index in [9.17, 15) is 0 Å². The van der Waals surface area contributed by atoms with E-state index in [1.54, 1.807) is 0 Å². The third-order valence-electron chi connectivity index (χ3n) is 1.72. The van der Waals surface area contributed by atoms with Crippen molar-refractivity contribution in [1.29, 1.82) is 0 Å². The Bertz CT molecular complexity index is 255. The van der Waals surface area contributed by atoms with Gasteiger partial charge in [-0.25, -0.2) is 0 Å². The molecule has 58 valence electrons. The van der Waals surface area contributed by atoms with Gasteiger partial charge in [-0.15, -0.1) is 0 Å². The monoisotopic (exact) mass is 148 g/mol. The first-order valence-corrected chi connectivity index (χ1v) is 3.56. The van der Waals surface area contributed by atoms with Gasteiger partial charge in [0, 0.05) is 5.69 Å². The molecule has 0 bridgehead atoms. The third-order valence-corrected chi connectivity index (χ3v) is 1.72. The second-order valence-corrected chi connectivity index (χ2v) is 2.49. The molecule has 1 unspecified atom stereocenters. The summed E-state index contributed by atoms with van der Waals surface area (Å²) in [6, 6.07) is 7.80. The van der Waals surface area contributed by atoms with Gasteiger partial charge in [-0.05, 0) is 25.3 Å². The standard InChI is InChI=1S/C9H12N2/c1-7(11-2)8-5-3-4-6-9(8)10/h3-7H,2,10H2,1H3. The lowest BCUT2D eigenvalue weighted by Gasteiger charge is -2.07. The van der Waals surface area contributed by atoms with E-state index < -0.39 is 0 Å². The molecule has 0 fully saturated rings. The fourth-order valence-electron chi connectivity index (χ4n) is 0.990. The first-order chi connectivity index (χ1) is 5.25. The van der Waals surface area contributed by atoms with E-state index in [1.165, 1.54) is 0 Å². The van der Waals surface area contributed by atoms with Crippen molar-refractivity contribution in [1.82, 2.24) is 0 Å². The number of rotatable bonds is 2. The van der Waals surface area contributed by atoms with Crippen LogP contribution in [-0.2, 0) is 0 Å². The summed E-state index contributed by atoms with van der Waals surface area (Å²) >= 11 is 0. The second-order valence-electron chi connectivity index (χ2n) is 2.49. The summed E-state index contributed by atoms with van der Waals surface area (Å²) in [7, 11) is 0. The third kappa shape index (κ3) is 1.58. The van der Waals surface area contributed by atoms with Crippen LogP contribution in [0, 0.1) is 0 Å². The lowest BCUT2D eigenvalue weighted by atomic mass is 10.1. The van der Waals surface area contributed by atoms with Gasteiger partial charge < -0.3 is 5.73 Å². The summed E-state index contributed by atoms with van der Waals surface area (Å²) in [6.45, 7) is 5.44. The number of hydrogen-bond donors (Lipinski definition) is 1. The summed E-state index contributed by atoms with van der Waals surface area (Å²) in [5.41, 5.74) is 7.54. The van der Waals surface area contributed by atoms with Gasteiger partial charge in [-0.1, -0.05) is 18.2 Å². The Balaban J connectivity index is 3.02. The van der Waals surface area contributed by atoms with Crippen LogP contribution >= 0.6 is 0 Å². The topological polar surface area (TPSA) is 38.4 Å². The lowest BCUT2D eigenvalue weighted by molar-refractivity contribution is 0.831. The molecule has 0 aromatic heterocycles. The van der Waals surface area contributed by atoms with Gasteiger partial charge >= 0.3 is 0 Å². The van der Waals surface area contributed by atoms with Crippen molar-refractivity contribution in [2.75, 3.05) is 5.73 Å². The van der Waals surface area contributed by atoms with E-state index in [4.69, 9.17) is 5.73 Å². The number of para-hydroxylation sites is 1. The SMILES string of the molecule is C=NC(C)c1ccccc1N. The lowest BCUT2D eigenvalue weighted by Crippen LogP contribution is -1.95. The largest absolute Gasteiger partial charge is 0.398 e. The maximum absolute atomic E-state index is 5.71. The molecule has 0 aliphatic heterocycles. The van der Waals surface area contributed by atoms with Crippen LogP contribution in [0.15, 0.2) is 29.3 Å². The molecule has 2 nitrogen and oxygen atoms in total. The molecule has 1 atom stereocenters. The van der Waals surface area contributed by atoms with Crippen LogP contribution in [0.2, 0.25) is 0 Å². The average Bonchev–Trinajstić information content (AvgIpc) is 2.04. The molecule has 2 heteroatoms. The molecule has 2 N–H and O–H groups in total. The number of benzene rings is 1. The van der Waals surface area contributed by atoms with Crippen LogP contribution in [-0.4, -0.2) is 6.72 Å². The van der Waals surface area contributed by atoms with Crippen molar-refractivity contribution in [3.63, 3.8) is 0 Å². The Morgan fingerprint density at radius 2 is 2.09 bits per heavy atom. The molecular weight excluding hydrogens is 136 g/mol. The van der Waals surface area contributed by atoms with Crippen LogP contribution in [0.5, 0.6) is 0 Å². The maximum Gasteiger partial charge on any atom is 0.0733 e. The van der Waals surface area contributed by atoms with Crippen molar-refractivity contribution in [3.8, 4) is 0 Å². The first-order valence-electron chi connectivity index (χ1n) is 3.56. The van der Waals surface area contributed by atoms with E-state index in [2.05, 4.69) is 11.7 Å². The highest BCUT2D eigenvalue weighted by Gasteiger charge is 2.03. The van der Waals surface area contributed by atoms with Crippen LogP contribution < -0.4 is 5.73 Å². The number of nitrogens with two attached hydrogens (primary N) is 1. The molecule has 0 radical (unpaired) electrons. The van der Waals surface area contributed by atoms with E-state index in [0.717, 1.165) is 11.3 Å². The molecule has 11 heavy (non-hydrogen) atoms. The maximum atomic E-state index is 5.71. The quantitative estimate of drug-likeness (QED) is 0.505. The van der Waals surface area contributed by atoms with E-state index >= 15 is 0 Å². The normalized spacial score (nSPS) is 12.5. The van der Waals surface area contributed by atoms with Crippen LogP contribution in [0.25, 0.3) is 0 Å². The van der Waals surface area contributed by atoms with Crippen molar-refractivity contribution in [3.05, 3.63) is 29.8 Å². The molecule has 0 saturated carbocycles. The van der Waals surface area contributed by atoms with Gasteiger partial charge in [-0.3, -0.25) is 4.99 Å². The summed E-state index contributed by atoms with van der Waals surface area (Å²) in [5, 5.41) is 0. The number of nitrogens with zero attached hydrogens (tertiary/aromatic N) is 1. The van der Waals surface area contributed by atoms with E-state index in [0.29, 0.717) is 0 Å². The predicted molar refractivity (Wildman–Crippen MR) is 48.8 cm³/mol. The average molecular weight is 148 g/mol. The molecule has 1 aromatic carbocycles. The summed E-state index contributed by atoms with van der Waals surface area (Å²) in [4.78, 5) is 3.89. The smallest absolute Gasteiger partial charge is 0.0733 e. The molecule has 0 spiro atoms. The number of nitrogen functional groups attached to an aromatic ring is 1. The van der Waals surface area contributed by atoms with Crippen molar-refractivity contribution >= 4 is 12.4 Å². The molecule has 0 heterocycles. The molecule has 0 aliphatic carbocycles. The minimum atomic E-state index is 0.0937. The van der Waals surface area contributed by atoms with Gasteiger partial charge in [0.1, 0.15) is 0 Å². The first kappa shape index (κ1) is 7.79. The molecule has 0 saturated heterocycles. The predicted octanol–water partition coefficient (Wildman–Crippen LogP) is 2.03. The fraction of sp³-hybridized carbons (Fsp3) is 0.222. The van der Waals surface area contributed by atoms with Gasteiger partial charge in [0.05, 0.1) is 6.04 Å². The summed E-state index contributed by atoms with van der Waals surface area (Å²) in [6.07, 6.45) is 0. The zero-order chi connectivity index (χ0) is 8.27. The Morgan fingerprint density at radius 1 is 1.45 bits per heavy atom. The van der Waals surface area contributed by atoms with Gasteiger partial charge in [0.2, 0.25) is 0 Å². The fourth-order valence-corrected chi connectivity index (χ4v) is 0.990. The summed E-state index contributed by atoms with van der Waals surface area (Å²) in [5.74, 6) is 0. The molecule has 1 aromatic rings. The second kappa shape index (κ2) is 3.19. The van der Waals surface area contributed by atoms with Crippen LogP contribution in [0.4, 0.5) is 5.69 Å². The minimum Gasteiger partial charge on any atom is -0.398 e. The van der Waals surface area contributed by atoms with Crippen LogP contribution in [0.3, 0.4) is 0 Å². The minimum absolute atomic E-state index is 0.0937. The van der Waals surface area contributed by atoms with Crippen molar-refractivity contribution in [2.45, 2.75) is 13.0 Å². The Morgan fingerprint density at radius 3 is 2.64 bits per heavy atom. The zero-order valence-corrected chi connectivity index (χ0v) is 6.62. The molecular formula is C9H12N2. The highest BCUT2D eigenvalue weighted by atomic mass is 14.7. The van der Waals surface area contributed by atoms with E-state index in [-0.39, 0.29) is 6.04 Å². The Labute approximate surface area is 66.8 Å². The van der Waals surface area contributed by atoms with Gasteiger partial charge in [-0.2, -0.15) is 0 Å². The van der Waals surface area contributed by atoms with Crippen molar-refractivity contribution < 1.29 is 0 Å². The molecule has 0 aliphatic rings. The van der Waals surface area contributed by atoms with Gasteiger partial charge in [0.15, 0.2) is 0 Å². The van der Waals surface area contributed by atoms with Gasteiger partial charge in [0.25, 0.3) is 0 Å². The highest BCUT2D eigenvalue weighted by Crippen LogP contribution is 2.21. The Kier molecular flexibility index (Phi) is 2.26. The van der Waals surface area contributed by atoms with Crippen LogP contribution in [0.1, 0.15) is 18.5 Å². The Hall–Kier alpha value is -1.31. The number of anilines is 1. The molecule has 1 rings (SSSR count). The molecule has 0 amide bonds. The highest BCUT2D eigenvalue weighted by molar-refractivity contribution is 5.48.